The van der Waals surface area contributed by atoms with E-state index >= 15 is 0 Å². The van der Waals surface area contributed by atoms with Crippen LogP contribution in [-0.4, -0.2) is 39.1 Å². The summed E-state index contributed by atoms with van der Waals surface area (Å²) in [6, 6.07) is 18.2. The summed E-state index contributed by atoms with van der Waals surface area (Å²) in [5.41, 5.74) is 3.23. The third-order valence-electron chi connectivity index (χ3n) is 4.92. The number of ether oxygens (including phenoxy) is 1. The minimum Gasteiger partial charge on any atom is -0.375 e. The summed E-state index contributed by atoms with van der Waals surface area (Å²) in [6.07, 6.45) is 1.55. The zero-order chi connectivity index (χ0) is 19.8. The summed E-state index contributed by atoms with van der Waals surface area (Å²) in [4.78, 5) is 18.0. The fourth-order valence-electron chi connectivity index (χ4n) is 3.32. The Balaban J connectivity index is 1.50. The molecule has 1 heterocycles. The number of carbonyl (C=O) groups excluding carboxylic acids is 1. The number of amides is 1. The van der Waals surface area contributed by atoms with E-state index in [4.69, 9.17) is 4.74 Å². The molecule has 6 heteroatoms. The molecule has 0 spiro atoms. The highest BCUT2D eigenvalue weighted by atomic mass is 16.5. The van der Waals surface area contributed by atoms with Crippen LogP contribution in [0.5, 0.6) is 0 Å². The van der Waals surface area contributed by atoms with Gasteiger partial charge in [0, 0.05) is 45.9 Å². The van der Waals surface area contributed by atoms with Crippen LogP contribution in [0.4, 0.5) is 5.69 Å². The Morgan fingerprint density at radius 1 is 1.14 bits per heavy atom. The van der Waals surface area contributed by atoms with Crippen LogP contribution < -0.4 is 15.5 Å². The average molecular weight is 380 g/mol. The smallest absolute Gasteiger partial charge is 0.227 e. The molecule has 2 N–H and O–H groups in total. The molecule has 1 atom stereocenters. The summed E-state index contributed by atoms with van der Waals surface area (Å²) in [7, 11) is 3.46. The first-order valence-corrected chi connectivity index (χ1v) is 9.63. The van der Waals surface area contributed by atoms with Crippen molar-refractivity contribution in [3.8, 4) is 0 Å². The molecule has 1 aliphatic rings. The van der Waals surface area contributed by atoms with E-state index in [1.54, 1.807) is 14.2 Å². The topological polar surface area (TPSA) is 66.0 Å². The molecule has 6 nitrogen and oxygen atoms in total. The summed E-state index contributed by atoms with van der Waals surface area (Å²) in [6.45, 7) is 2.09. The van der Waals surface area contributed by atoms with Gasteiger partial charge in [0.05, 0.1) is 6.10 Å². The van der Waals surface area contributed by atoms with Crippen molar-refractivity contribution in [2.24, 2.45) is 4.99 Å². The lowest BCUT2D eigenvalue weighted by atomic mass is 10.1. The number of guanidine groups is 1. The van der Waals surface area contributed by atoms with Crippen LogP contribution in [-0.2, 0) is 16.1 Å². The molecule has 0 bridgehead atoms. The van der Waals surface area contributed by atoms with Crippen LogP contribution in [0.1, 0.15) is 30.1 Å². The van der Waals surface area contributed by atoms with Crippen molar-refractivity contribution in [2.75, 3.05) is 32.1 Å². The average Bonchev–Trinajstić information content (AvgIpc) is 3.17. The van der Waals surface area contributed by atoms with Gasteiger partial charge in [0.1, 0.15) is 0 Å². The van der Waals surface area contributed by atoms with E-state index < -0.39 is 0 Å². The first kappa shape index (κ1) is 19.9. The fraction of sp³-hybridized carbons (Fsp3) is 0.364. The van der Waals surface area contributed by atoms with Gasteiger partial charge >= 0.3 is 0 Å². The van der Waals surface area contributed by atoms with E-state index in [1.165, 1.54) is 0 Å². The molecule has 1 aliphatic heterocycles. The second-order valence-corrected chi connectivity index (χ2v) is 6.76. The van der Waals surface area contributed by atoms with Gasteiger partial charge < -0.3 is 20.3 Å². The molecule has 1 fully saturated rings. The van der Waals surface area contributed by atoms with Gasteiger partial charge in [-0.05, 0) is 29.7 Å². The number of rotatable bonds is 7. The molecule has 0 radical (unpaired) electrons. The predicted molar refractivity (Wildman–Crippen MR) is 112 cm³/mol. The van der Waals surface area contributed by atoms with Gasteiger partial charge in [-0.2, -0.15) is 0 Å². The quantitative estimate of drug-likeness (QED) is 0.573. The molecule has 2 aromatic rings. The van der Waals surface area contributed by atoms with Crippen molar-refractivity contribution in [1.29, 1.82) is 0 Å². The first-order valence-electron chi connectivity index (χ1n) is 9.63. The van der Waals surface area contributed by atoms with E-state index in [2.05, 4.69) is 27.8 Å². The van der Waals surface area contributed by atoms with Crippen LogP contribution >= 0.6 is 0 Å². The first-order chi connectivity index (χ1) is 13.7. The van der Waals surface area contributed by atoms with Crippen LogP contribution in [0.2, 0.25) is 0 Å². The zero-order valence-electron chi connectivity index (χ0n) is 16.5. The van der Waals surface area contributed by atoms with Crippen molar-refractivity contribution in [2.45, 2.75) is 25.5 Å². The Hall–Kier alpha value is -2.86. The molecule has 0 saturated carbocycles. The van der Waals surface area contributed by atoms with Crippen molar-refractivity contribution in [1.82, 2.24) is 10.6 Å². The van der Waals surface area contributed by atoms with Gasteiger partial charge in [-0.25, -0.2) is 0 Å². The van der Waals surface area contributed by atoms with Crippen LogP contribution in [0.15, 0.2) is 59.6 Å². The molecule has 28 heavy (non-hydrogen) atoms. The summed E-state index contributed by atoms with van der Waals surface area (Å²) >= 11 is 0. The van der Waals surface area contributed by atoms with E-state index in [0.717, 1.165) is 35.7 Å². The maximum atomic E-state index is 11.8. The number of nitrogens with zero attached hydrogens (tertiary/aromatic N) is 2. The maximum Gasteiger partial charge on any atom is 0.227 e. The second-order valence-electron chi connectivity index (χ2n) is 6.76. The highest BCUT2D eigenvalue weighted by Crippen LogP contribution is 2.21. The molecular weight excluding hydrogens is 352 g/mol. The minimum atomic E-state index is -0.0444. The van der Waals surface area contributed by atoms with Crippen molar-refractivity contribution in [3.63, 3.8) is 0 Å². The largest absolute Gasteiger partial charge is 0.375 e. The monoisotopic (exact) mass is 380 g/mol. The number of nitrogens with one attached hydrogen (secondary N) is 2. The van der Waals surface area contributed by atoms with Gasteiger partial charge in [-0.3, -0.25) is 9.79 Å². The maximum absolute atomic E-state index is 11.8. The number of hydrogen-bond acceptors (Lipinski definition) is 3. The molecule has 2 aromatic carbocycles. The third-order valence-corrected chi connectivity index (χ3v) is 4.92. The Labute approximate surface area is 166 Å². The molecule has 1 amide bonds. The summed E-state index contributed by atoms with van der Waals surface area (Å²) in [5, 5.41) is 6.63. The predicted octanol–water partition coefficient (Wildman–Crippen LogP) is 2.87. The number of hydrogen-bond donors (Lipinski definition) is 2. The van der Waals surface area contributed by atoms with E-state index in [1.807, 2.05) is 47.4 Å². The van der Waals surface area contributed by atoms with Crippen LogP contribution in [0, 0.1) is 0 Å². The normalized spacial score (nSPS) is 15.6. The van der Waals surface area contributed by atoms with Gasteiger partial charge in [0.25, 0.3) is 0 Å². The lowest BCUT2D eigenvalue weighted by Crippen LogP contribution is -2.39. The van der Waals surface area contributed by atoms with E-state index in [9.17, 15) is 4.79 Å². The minimum absolute atomic E-state index is 0.0444. The van der Waals surface area contributed by atoms with E-state index in [-0.39, 0.29) is 12.0 Å². The number of methoxy groups -OCH3 is 1. The Bertz CT molecular complexity index is 790. The fourth-order valence-corrected chi connectivity index (χ4v) is 3.32. The molecule has 1 unspecified atom stereocenters. The van der Waals surface area contributed by atoms with Crippen molar-refractivity contribution in [3.05, 3.63) is 65.7 Å². The summed E-state index contributed by atoms with van der Waals surface area (Å²) in [5.74, 6) is 0.929. The highest BCUT2D eigenvalue weighted by molar-refractivity contribution is 5.95. The SMILES string of the molecule is CN=C(NCc1ccc(N2CCCC2=O)cc1)NCC(OC)c1ccccc1. The molecule has 0 aromatic heterocycles. The van der Waals surface area contributed by atoms with Gasteiger partial charge in [-0.15, -0.1) is 0 Å². The lowest BCUT2D eigenvalue weighted by molar-refractivity contribution is -0.117. The lowest BCUT2D eigenvalue weighted by Gasteiger charge is -2.19. The molecular formula is C22H28N4O2. The molecule has 0 aliphatic carbocycles. The zero-order valence-corrected chi connectivity index (χ0v) is 16.5. The van der Waals surface area contributed by atoms with Crippen LogP contribution in [0.3, 0.4) is 0 Å². The Morgan fingerprint density at radius 2 is 1.89 bits per heavy atom. The molecule has 148 valence electrons. The Morgan fingerprint density at radius 3 is 2.50 bits per heavy atom. The number of anilines is 1. The third kappa shape index (κ3) is 5.10. The van der Waals surface area contributed by atoms with E-state index in [0.29, 0.717) is 19.5 Å². The number of aliphatic imine (C=N–C) groups is 1. The number of benzene rings is 2. The molecule has 1 saturated heterocycles. The van der Waals surface area contributed by atoms with Crippen LogP contribution in [0.25, 0.3) is 0 Å². The van der Waals surface area contributed by atoms with Gasteiger partial charge in [0.2, 0.25) is 5.91 Å². The van der Waals surface area contributed by atoms with Crippen molar-refractivity contribution >= 4 is 17.6 Å². The van der Waals surface area contributed by atoms with Crippen molar-refractivity contribution < 1.29 is 9.53 Å². The molecule has 3 rings (SSSR count). The number of carbonyl (C=O) groups is 1. The van der Waals surface area contributed by atoms with Gasteiger partial charge in [-0.1, -0.05) is 42.5 Å². The summed E-state index contributed by atoms with van der Waals surface area (Å²) < 4.78 is 5.59. The standard InChI is InChI=1S/C22H28N4O2/c1-23-22(25-16-20(28-2)18-7-4-3-5-8-18)24-15-17-10-12-19(13-11-17)26-14-6-9-21(26)27/h3-5,7-8,10-13,20H,6,9,14-16H2,1-2H3,(H2,23,24,25). The second kappa shape index (κ2) is 9.90. The van der Waals surface area contributed by atoms with Gasteiger partial charge in [0.15, 0.2) is 5.96 Å². The Kier molecular flexibility index (Phi) is 7.03. The highest BCUT2D eigenvalue weighted by Gasteiger charge is 2.21.